The molecule has 9 heteroatoms. The number of sulfone groups is 1. The molecule has 2 saturated carbocycles. The second-order valence-electron chi connectivity index (χ2n) is 8.91. The van der Waals surface area contributed by atoms with E-state index in [-0.39, 0.29) is 40.3 Å². The first-order valence-corrected chi connectivity index (χ1v) is 12.2. The third-order valence-corrected chi connectivity index (χ3v) is 7.40. The van der Waals surface area contributed by atoms with E-state index in [1.54, 1.807) is 13.0 Å². The fourth-order valence-corrected chi connectivity index (χ4v) is 5.21. The summed E-state index contributed by atoms with van der Waals surface area (Å²) in [6, 6.07) is 2.90. The highest BCUT2D eigenvalue weighted by Crippen LogP contribution is 2.42. The average molecular weight is 433 g/mol. The number of nitrogens with zero attached hydrogens (tertiary/aromatic N) is 3. The summed E-state index contributed by atoms with van der Waals surface area (Å²) in [7, 11) is -3.55. The molecule has 1 N–H and O–H groups in total. The zero-order valence-corrected chi connectivity index (χ0v) is 18.4. The van der Waals surface area contributed by atoms with Crippen molar-refractivity contribution >= 4 is 15.7 Å². The lowest BCUT2D eigenvalue weighted by Gasteiger charge is -2.17. The van der Waals surface area contributed by atoms with E-state index in [1.165, 1.54) is 6.07 Å². The monoisotopic (exact) mass is 432 g/mol. The lowest BCUT2D eigenvalue weighted by atomic mass is 10.1. The fraction of sp³-hybridized carbons (Fsp3) is 0.619. The second-order valence-corrected chi connectivity index (χ2v) is 10.9. The minimum atomic E-state index is -3.55. The molecule has 1 atom stereocenters. The van der Waals surface area contributed by atoms with E-state index < -0.39 is 9.84 Å². The van der Waals surface area contributed by atoms with Gasteiger partial charge in [0.2, 0.25) is 5.89 Å². The molecular formula is C21H28N4O4S. The molecule has 162 valence electrons. The van der Waals surface area contributed by atoms with Gasteiger partial charge in [0.05, 0.1) is 11.8 Å². The maximum atomic E-state index is 13.2. The fourth-order valence-electron chi connectivity index (χ4n) is 3.65. The minimum absolute atomic E-state index is 0.00369. The Kier molecular flexibility index (Phi) is 5.65. The largest absolute Gasteiger partial charge is 0.341 e. The van der Waals surface area contributed by atoms with Gasteiger partial charge in [-0.15, -0.1) is 0 Å². The summed E-state index contributed by atoms with van der Waals surface area (Å²) in [5, 5.41) is 6.94. The summed E-state index contributed by atoms with van der Waals surface area (Å²) in [6.45, 7) is 5.40. The molecule has 2 aliphatic rings. The van der Waals surface area contributed by atoms with Gasteiger partial charge in [-0.05, 0) is 48.6 Å². The smallest absolute Gasteiger partial charge is 0.270 e. The van der Waals surface area contributed by atoms with Gasteiger partial charge >= 0.3 is 0 Å². The highest BCUT2D eigenvalue weighted by Gasteiger charge is 2.34. The van der Waals surface area contributed by atoms with Crippen molar-refractivity contribution in [2.45, 2.75) is 69.9 Å². The van der Waals surface area contributed by atoms with Crippen molar-refractivity contribution in [1.82, 2.24) is 20.4 Å². The van der Waals surface area contributed by atoms with Crippen LogP contribution in [0.4, 0.5) is 0 Å². The lowest BCUT2D eigenvalue weighted by molar-refractivity contribution is 0.0924. The molecule has 0 aliphatic heterocycles. The molecule has 2 heterocycles. The van der Waals surface area contributed by atoms with E-state index in [0.717, 1.165) is 37.7 Å². The maximum Gasteiger partial charge on any atom is 0.270 e. The molecule has 0 radical (unpaired) electrons. The molecule has 0 aromatic carbocycles. The topological polar surface area (TPSA) is 115 Å². The number of hydrogen-bond donors (Lipinski definition) is 1. The molecule has 2 aliphatic carbocycles. The molecule has 2 aromatic rings. The molecule has 8 nitrogen and oxygen atoms in total. The van der Waals surface area contributed by atoms with Gasteiger partial charge in [-0.2, -0.15) is 4.98 Å². The number of carbonyl (C=O) groups excluding carboxylic acids is 1. The van der Waals surface area contributed by atoms with Gasteiger partial charge in [-0.25, -0.2) is 13.4 Å². The van der Waals surface area contributed by atoms with Gasteiger partial charge in [-0.1, -0.05) is 37.9 Å². The molecule has 30 heavy (non-hydrogen) atoms. The summed E-state index contributed by atoms with van der Waals surface area (Å²) in [6.07, 6.45) is 4.94. The Morgan fingerprint density at radius 1 is 1.20 bits per heavy atom. The van der Waals surface area contributed by atoms with E-state index in [1.807, 2.05) is 13.8 Å². The van der Waals surface area contributed by atoms with Crippen molar-refractivity contribution in [2.75, 3.05) is 5.75 Å². The average Bonchev–Trinajstić information content (AvgIpc) is 3.59. The van der Waals surface area contributed by atoms with Gasteiger partial charge in [0, 0.05) is 6.92 Å². The number of rotatable bonds is 9. The van der Waals surface area contributed by atoms with Crippen LogP contribution in [0.1, 0.15) is 85.7 Å². The van der Waals surface area contributed by atoms with Gasteiger partial charge in [-0.3, -0.25) is 4.79 Å². The van der Waals surface area contributed by atoms with Gasteiger partial charge < -0.3 is 9.84 Å². The van der Waals surface area contributed by atoms with Crippen LogP contribution < -0.4 is 5.32 Å². The molecule has 4 rings (SSSR count). The standard InChI is InChI=1S/C21H28N4O4S/c1-12(2)11-30(27,28)18-9-8-16(15-6-7-15)19(24-18)21(26)23-17(10-14-4-5-14)20-22-13(3)29-25-20/h8-9,12,14-15,17H,4-7,10-11H2,1-3H3,(H,23,26)/t17-/m0/s1. The zero-order chi connectivity index (χ0) is 21.5. The van der Waals surface area contributed by atoms with Crippen molar-refractivity contribution in [2.24, 2.45) is 11.8 Å². The Hall–Kier alpha value is -2.29. The predicted octanol–water partition coefficient (Wildman–Crippen LogP) is 3.35. The predicted molar refractivity (Wildman–Crippen MR) is 110 cm³/mol. The minimum Gasteiger partial charge on any atom is -0.341 e. The first-order chi connectivity index (χ1) is 14.2. The second kappa shape index (κ2) is 8.09. The van der Waals surface area contributed by atoms with Crippen LogP contribution in [0.5, 0.6) is 0 Å². The van der Waals surface area contributed by atoms with Crippen molar-refractivity contribution in [1.29, 1.82) is 0 Å². The van der Waals surface area contributed by atoms with E-state index in [9.17, 15) is 13.2 Å². The molecule has 0 bridgehead atoms. The number of carbonyl (C=O) groups is 1. The molecule has 0 unspecified atom stereocenters. The number of aromatic nitrogens is 3. The first kappa shape index (κ1) is 21.0. The van der Waals surface area contributed by atoms with Gasteiger partial charge in [0.15, 0.2) is 20.7 Å². The number of pyridine rings is 1. The van der Waals surface area contributed by atoms with Crippen LogP contribution >= 0.6 is 0 Å². The van der Waals surface area contributed by atoms with Gasteiger partial charge in [0.1, 0.15) is 5.69 Å². The Balaban J connectivity index is 1.63. The van der Waals surface area contributed by atoms with E-state index >= 15 is 0 Å². The molecule has 2 aromatic heterocycles. The SMILES string of the molecule is Cc1nc([C@H](CC2CC2)NC(=O)c2nc(S(=O)(=O)CC(C)C)ccc2C2CC2)no1. The Morgan fingerprint density at radius 2 is 1.93 bits per heavy atom. The lowest BCUT2D eigenvalue weighted by Crippen LogP contribution is -2.31. The number of aryl methyl sites for hydroxylation is 1. The first-order valence-electron chi connectivity index (χ1n) is 10.6. The van der Waals surface area contributed by atoms with Crippen molar-refractivity contribution in [3.63, 3.8) is 0 Å². The number of amides is 1. The molecular weight excluding hydrogens is 404 g/mol. The van der Waals surface area contributed by atoms with Crippen molar-refractivity contribution in [3.8, 4) is 0 Å². The number of nitrogens with one attached hydrogen (secondary N) is 1. The summed E-state index contributed by atoms with van der Waals surface area (Å²) in [5.41, 5.74) is 1.01. The highest BCUT2D eigenvalue weighted by atomic mass is 32.2. The van der Waals surface area contributed by atoms with Crippen LogP contribution in [0.2, 0.25) is 0 Å². The van der Waals surface area contributed by atoms with Crippen LogP contribution in [0, 0.1) is 18.8 Å². The third kappa shape index (κ3) is 4.88. The highest BCUT2D eigenvalue weighted by molar-refractivity contribution is 7.91. The summed E-state index contributed by atoms with van der Waals surface area (Å²) in [5.74, 6) is 1.27. The van der Waals surface area contributed by atoms with Crippen molar-refractivity contribution in [3.05, 3.63) is 35.1 Å². The third-order valence-electron chi connectivity index (χ3n) is 5.43. The Labute approximate surface area is 176 Å². The van der Waals surface area contributed by atoms with Crippen molar-refractivity contribution < 1.29 is 17.7 Å². The Morgan fingerprint density at radius 3 is 2.50 bits per heavy atom. The quantitative estimate of drug-likeness (QED) is 0.646. The number of hydrogen-bond acceptors (Lipinski definition) is 7. The van der Waals surface area contributed by atoms with Crippen LogP contribution in [0.3, 0.4) is 0 Å². The zero-order valence-electron chi connectivity index (χ0n) is 17.6. The van der Waals surface area contributed by atoms with E-state index in [4.69, 9.17) is 4.52 Å². The summed E-state index contributed by atoms with van der Waals surface area (Å²) < 4.78 is 30.5. The van der Waals surface area contributed by atoms with Crippen LogP contribution in [-0.4, -0.2) is 35.2 Å². The van der Waals surface area contributed by atoms with E-state index in [2.05, 4.69) is 20.4 Å². The molecule has 0 saturated heterocycles. The van der Waals surface area contributed by atoms with Crippen LogP contribution in [-0.2, 0) is 9.84 Å². The maximum absolute atomic E-state index is 13.2. The van der Waals surface area contributed by atoms with Crippen LogP contribution in [0.25, 0.3) is 0 Å². The van der Waals surface area contributed by atoms with Gasteiger partial charge in [0.25, 0.3) is 5.91 Å². The summed E-state index contributed by atoms with van der Waals surface area (Å²) in [4.78, 5) is 21.9. The van der Waals surface area contributed by atoms with E-state index in [0.29, 0.717) is 17.6 Å². The Bertz CT molecular complexity index is 1040. The molecule has 1 amide bonds. The summed E-state index contributed by atoms with van der Waals surface area (Å²) >= 11 is 0. The molecule has 2 fully saturated rings. The van der Waals surface area contributed by atoms with Crippen LogP contribution in [0.15, 0.2) is 21.7 Å². The molecule has 0 spiro atoms. The normalized spacial score (nSPS) is 17.9.